The molecule has 0 bridgehead atoms. The summed E-state index contributed by atoms with van der Waals surface area (Å²) in [5.74, 6) is -7.28. The number of rotatable bonds is 29. The zero-order chi connectivity index (χ0) is 52.3. The van der Waals surface area contributed by atoms with Crippen LogP contribution in [0.1, 0.15) is 127 Å². The number of aromatic nitrogens is 2. The van der Waals surface area contributed by atoms with Crippen LogP contribution in [-0.2, 0) is 49.6 Å². The minimum Gasteiger partial charge on any atom is -0.480 e. The fraction of sp³-hybridized carbons (Fsp3) is 0.745. The lowest BCUT2D eigenvalue weighted by Crippen LogP contribution is -2.61. The maximum absolute atomic E-state index is 14.3. The molecule has 1 aliphatic rings. The average molecular weight is 976 g/mol. The minimum absolute atomic E-state index is 0.00573. The number of aliphatic hydroxyl groups excluding tert-OH is 1. The van der Waals surface area contributed by atoms with Crippen molar-refractivity contribution in [3.63, 3.8) is 0 Å². The van der Waals surface area contributed by atoms with Crippen molar-refractivity contribution in [3.8, 4) is 0 Å². The first-order chi connectivity index (χ1) is 32.2. The van der Waals surface area contributed by atoms with Gasteiger partial charge in [-0.2, -0.15) is 0 Å². The highest BCUT2D eigenvalue weighted by molar-refractivity contribution is 5.98. The van der Waals surface area contributed by atoms with Gasteiger partial charge >= 0.3 is 5.97 Å². The summed E-state index contributed by atoms with van der Waals surface area (Å²) in [7, 11) is 0. The van der Waals surface area contributed by atoms with Crippen LogP contribution >= 0.6 is 0 Å². The van der Waals surface area contributed by atoms with Gasteiger partial charge in [0.25, 0.3) is 0 Å². The lowest BCUT2D eigenvalue weighted by Gasteiger charge is -2.30. The molecule has 1 aliphatic heterocycles. The molecule has 0 radical (unpaired) electrons. The Bertz CT molecular complexity index is 1870. The van der Waals surface area contributed by atoms with Crippen LogP contribution in [0.3, 0.4) is 0 Å². The molecule has 0 spiro atoms. The Morgan fingerprint density at radius 3 is 1.22 bits per heavy atom. The van der Waals surface area contributed by atoms with Gasteiger partial charge in [-0.1, -0.05) is 69.2 Å². The maximum atomic E-state index is 14.3. The Morgan fingerprint density at radius 1 is 0.580 bits per heavy atom. The highest BCUT2D eigenvalue weighted by atomic mass is 16.4. The zero-order valence-electron chi connectivity index (χ0n) is 42.3. The Hall–Kier alpha value is -5.64. The number of carboxylic acids is 1. The standard InChI is InChI=1S/C47H81N11O11/c1-24(2)15-31(51-39(60)29(11)48)40(61)52-32(16-25(3)4)41(62)53-33(17-26(5)6)42(63)54-34(18-27(7)8)43(64)56-36(20-30-21-49-23-50-30)45(66)55-35(19-28(9)10)44(65)57-37(22-59)46(67)58-14-12-13-38(58)47(68)69/h21,23-29,31-38,59H,12-20,22,48H2,1-11H3,(H,49,50)(H,51,60)(H,52,61)(H,53,62)(H,54,63)(H,55,66)(H,56,64)(H,57,65)(H,68,69)/t29-,31-,32-,33-,34-,35-,36-,37-,38-/m0/s1. The van der Waals surface area contributed by atoms with Crippen LogP contribution in [-0.4, -0.2) is 146 Å². The topological polar surface area (TPSA) is 336 Å². The second-order valence-corrected chi connectivity index (χ2v) is 20.4. The summed E-state index contributed by atoms with van der Waals surface area (Å²) in [4.78, 5) is 130. The predicted octanol–water partition coefficient (Wildman–Crippen LogP) is -0.00860. The molecule has 0 aromatic carbocycles. The molecule has 12 N–H and O–H groups in total. The summed E-state index contributed by atoms with van der Waals surface area (Å²) < 4.78 is 0. The molecule has 1 aromatic heterocycles. The highest BCUT2D eigenvalue weighted by Crippen LogP contribution is 2.19. The first-order valence-corrected chi connectivity index (χ1v) is 24.2. The average Bonchev–Trinajstić information content (AvgIpc) is 3.96. The van der Waals surface area contributed by atoms with E-state index in [0.29, 0.717) is 12.1 Å². The zero-order valence-corrected chi connectivity index (χ0v) is 42.3. The summed E-state index contributed by atoms with van der Waals surface area (Å²) in [5.41, 5.74) is 6.20. The van der Waals surface area contributed by atoms with E-state index < -0.39 is 114 Å². The quantitative estimate of drug-likeness (QED) is 0.0504. The van der Waals surface area contributed by atoms with Gasteiger partial charge in [0.2, 0.25) is 47.3 Å². The largest absolute Gasteiger partial charge is 0.480 e. The lowest BCUT2D eigenvalue weighted by atomic mass is 9.97. The van der Waals surface area contributed by atoms with Crippen LogP contribution in [0.4, 0.5) is 0 Å². The van der Waals surface area contributed by atoms with Crippen LogP contribution in [0.15, 0.2) is 12.5 Å². The molecular formula is C47H81N11O11. The number of hydrogen-bond acceptors (Lipinski definition) is 12. The summed E-state index contributed by atoms with van der Waals surface area (Å²) >= 11 is 0. The van der Waals surface area contributed by atoms with Gasteiger partial charge in [0.1, 0.15) is 48.3 Å². The van der Waals surface area contributed by atoms with E-state index in [9.17, 15) is 53.4 Å². The predicted molar refractivity (Wildman–Crippen MR) is 256 cm³/mol. The van der Waals surface area contributed by atoms with Gasteiger partial charge in [0, 0.05) is 24.9 Å². The van der Waals surface area contributed by atoms with Crippen molar-refractivity contribution in [2.75, 3.05) is 13.2 Å². The van der Waals surface area contributed by atoms with Crippen molar-refractivity contribution in [2.45, 2.75) is 182 Å². The molecule has 2 rings (SSSR count). The lowest BCUT2D eigenvalue weighted by molar-refractivity contribution is -0.150. The molecule has 2 heterocycles. The van der Waals surface area contributed by atoms with Crippen molar-refractivity contribution in [1.82, 2.24) is 52.1 Å². The van der Waals surface area contributed by atoms with Crippen molar-refractivity contribution in [3.05, 3.63) is 18.2 Å². The first kappa shape index (κ1) is 59.5. The van der Waals surface area contributed by atoms with Gasteiger partial charge in [-0.25, -0.2) is 9.78 Å². The molecule has 8 amide bonds. The fourth-order valence-corrected chi connectivity index (χ4v) is 7.95. The van der Waals surface area contributed by atoms with E-state index in [1.54, 1.807) is 13.8 Å². The number of nitrogens with zero attached hydrogens (tertiary/aromatic N) is 2. The van der Waals surface area contributed by atoms with Gasteiger partial charge in [-0.15, -0.1) is 0 Å². The number of amides is 8. The number of nitrogens with two attached hydrogens (primary N) is 1. The van der Waals surface area contributed by atoms with Crippen molar-refractivity contribution < 1.29 is 53.4 Å². The number of carbonyl (C=O) groups is 9. The molecule has 1 fully saturated rings. The third kappa shape index (κ3) is 20.5. The van der Waals surface area contributed by atoms with Gasteiger partial charge in [0.05, 0.1) is 19.0 Å². The first-order valence-electron chi connectivity index (χ1n) is 24.2. The number of nitrogens with one attached hydrogen (secondary N) is 8. The van der Waals surface area contributed by atoms with E-state index >= 15 is 0 Å². The Balaban J connectivity index is 2.39. The number of carboxylic acid groups (broad SMARTS) is 1. The van der Waals surface area contributed by atoms with Crippen molar-refractivity contribution in [2.24, 2.45) is 35.3 Å². The number of aromatic amines is 1. The molecule has 9 atom stereocenters. The van der Waals surface area contributed by atoms with E-state index in [2.05, 4.69) is 47.2 Å². The van der Waals surface area contributed by atoms with E-state index in [-0.39, 0.29) is 81.1 Å². The molecule has 0 aliphatic carbocycles. The number of aliphatic carboxylic acids is 1. The van der Waals surface area contributed by atoms with E-state index in [0.717, 1.165) is 4.90 Å². The second-order valence-electron chi connectivity index (χ2n) is 20.4. The fourth-order valence-electron chi connectivity index (χ4n) is 7.95. The highest BCUT2D eigenvalue weighted by Gasteiger charge is 2.39. The summed E-state index contributed by atoms with van der Waals surface area (Å²) in [6.45, 7) is 19.3. The van der Waals surface area contributed by atoms with Gasteiger partial charge < -0.3 is 63.0 Å². The second kappa shape index (κ2) is 28.8. The van der Waals surface area contributed by atoms with Crippen LogP contribution in [0.5, 0.6) is 0 Å². The third-order valence-electron chi connectivity index (χ3n) is 11.3. The maximum Gasteiger partial charge on any atom is 0.326 e. The Kier molecular flexibility index (Phi) is 24.8. The summed E-state index contributed by atoms with van der Waals surface area (Å²) in [5, 5.41) is 38.7. The van der Waals surface area contributed by atoms with E-state index in [1.165, 1.54) is 19.4 Å². The number of likely N-dealkylation sites (tertiary alicyclic amines) is 1. The van der Waals surface area contributed by atoms with Gasteiger partial charge in [0.15, 0.2) is 0 Å². The monoisotopic (exact) mass is 976 g/mol. The number of carbonyl (C=O) groups excluding carboxylic acids is 8. The number of aliphatic hydroxyl groups is 1. The summed E-state index contributed by atoms with van der Waals surface area (Å²) in [6, 6.07) is -10.5. The normalized spacial score (nSPS) is 17.3. The molecule has 390 valence electrons. The molecule has 1 aromatic rings. The number of imidazole rings is 1. The SMILES string of the molecule is CC(C)C[C@H](NC(=O)[C@H](C)N)C(=O)N[C@@H](CC(C)C)C(=O)N[C@@H](CC(C)C)C(=O)N[C@@H](CC(C)C)C(=O)N[C@@H](Cc1cnc[nH]1)C(=O)N[C@@H](CC(C)C)C(=O)N[C@@H](CO)C(=O)N1CCC[C@H]1C(=O)O. The molecule has 22 nitrogen and oxygen atoms in total. The van der Waals surface area contributed by atoms with Crippen molar-refractivity contribution in [1.29, 1.82) is 0 Å². The molecule has 22 heteroatoms. The van der Waals surface area contributed by atoms with Gasteiger partial charge in [-0.05, 0) is 81.5 Å². The molecule has 0 unspecified atom stereocenters. The van der Waals surface area contributed by atoms with Crippen LogP contribution in [0, 0.1) is 29.6 Å². The van der Waals surface area contributed by atoms with Crippen LogP contribution in [0.25, 0.3) is 0 Å². The van der Waals surface area contributed by atoms with Gasteiger partial charge in [-0.3, -0.25) is 38.4 Å². The Labute approximate surface area is 406 Å². The van der Waals surface area contributed by atoms with Crippen LogP contribution < -0.4 is 43.0 Å². The molecule has 0 saturated carbocycles. The third-order valence-corrected chi connectivity index (χ3v) is 11.3. The van der Waals surface area contributed by atoms with Crippen molar-refractivity contribution >= 4 is 53.2 Å². The van der Waals surface area contributed by atoms with E-state index in [1.807, 2.05) is 55.4 Å². The Morgan fingerprint density at radius 2 is 0.913 bits per heavy atom. The smallest absolute Gasteiger partial charge is 0.326 e. The molecule has 1 saturated heterocycles. The van der Waals surface area contributed by atoms with E-state index in [4.69, 9.17) is 5.73 Å². The van der Waals surface area contributed by atoms with Crippen LogP contribution in [0.2, 0.25) is 0 Å². The number of H-pyrrole nitrogens is 1. The minimum atomic E-state index is -1.49. The summed E-state index contributed by atoms with van der Waals surface area (Å²) in [6.07, 6.45) is 4.19. The molecule has 69 heavy (non-hydrogen) atoms. The molecular weight excluding hydrogens is 895 g/mol. The number of hydrogen-bond donors (Lipinski definition) is 11.